The zero-order valence-electron chi connectivity index (χ0n) is 9.74. The van der Waals surface area contributed by atoms with Gasteiger partial charge in [-0.15, -0.1) is 0 Å². The number of carboxylic acid groups (broad SMARTS) is 1. The summed E-state index contributed by atoms with van der Waals surface area (Å²) < 4.78 is 24.0. The van der Waals surface area contributed by atoms with Gasteiger partial charge >= 0.3 is 6.16 Å². The van der Waals surface area contributed by atoms with Gasteiger partial charge in [0.15, 0.2) is 0 Å². The van der Waals surface area contributed by atoms with Gasteiger partial charge < -0.3 is 9.94 Å². The molecule has 2 N–H and O–H groups in total. The fourth-order valence-electron chi connectivity index (χ4n) is 1.25. The Bertz CT molecular complexity index is 488. The predicted molar refractivity (Wildman–Crippen MR) is 65.7 cm³/mol. The van der Waals surface area contributed by atoms with E-state index < -0.39 is 16.2 Å². The molecule has 7 nitrogen and oxygen atoms in total. The van der Waals surface area contributed by atoms with E-state index in [1.165, 1.54) is 0 Å². The van der Waals surface area contributed by atoms with E-state index in [0.717, 1.165) is 11.3 Å². The number of carbonyl (C=O) groups is 1. The molecular formula is C10H14N2O5S. The number of nitrogens with zero attached hydrogens (tertiary/aromatic N) is 1. The highest BCUT2D eigenvalue weighted by Crippen LogP contribution is 2.13. The van der Waals surface area contributed by atoms with Gasteiger partial charge in [0.25, 0.3) is 0 Å². The first-order valence-electron chi connectivity index (χ1n) is 5.06. The molecule has 1 aromatic rings. The molecule has 0 spiro atoms. The number of anilines is 1. The molecule has 0 unspecified atom stereocenters. The van der Waals surface area contributed by atoms with Crippen molar-refractivity contribution >= 4 is 21.9 Å². The van der Waals surface area contributed by atoms with Crippen LogP contribution in [0.5, 0.6) is 0 Å². The molecule has 8 heteroatoms. The maximum absolute atomic E-state index is 10.9. The van der Waals surface area contributed by atoms with E-state index in [0.29, 0.717) is 5.69 Å². The average molecular weight is 274 g/mol. The molecule has 1 aromatic carbocycles. The van der Waals surface area contributed by atoms with Gasteiger partial charge in [0.1, 0.15) is 0 Å². The van der Waals surface area contributed by atoms with Crippen molar-refractivity contribution in [3.05, 3.63) is 30.3 Å². The lowest BCUT2D eigenvalue weighted by atomic mass is 10.3. The first kappa shape index (κ1) is 14.3. The molecule has 1 rings (SSSR count). The van der Waals surface area contributed by atoms with E-state index in [9.17, 15) is 13.2 Å². The molecule has 0 atom stereocenters. The van der Waals surface area contributed by atoms with Crippen LogP contribution < -0.4 is 9.79 Å². The van der Waals surface area contributed by atoms with Crippen LogP contribution >= 0.6 is 0 Å². The Balaban J connectivity index is 2.65. The van der Waals surface area contributed by atoms with Crippen molar-refractivity contribution in [3.63, 3.8) is 0 Å². The van der Waals surface area contributed by atoms with Crippen molar-refractivity contribution in [1.29, 1.82) is 0 Å². The first-order valence-corrected chi connectivity index (χ1v) is 6.96. The summed E-state index contributed by atoms with van der Waals surface area (Å²) in [5.41, 5.74) is 0.523. The number of benzene rings is 1. The molecule has 100 valence electrons. The largest absolute Gasteiger partial charge is 0.530 e. The first-order chi connectivity index (χ1) is 8.38. The van der Waals surface area contributed by atoms with Crippen molar-refractivity contribution < 1.29 is 23.2 Å². The molecule has 0 saturated carbocycles. The zero-order chi connectivity index (χ0) is 13.6. The molecule has 0 radical (unpaired) electrons. The fraction of sp³-hybridized carbons (Fsp3) is 0.300. The van der Waals surface area contributed by atoms with Crippen LogP contribution in [0.1, 0.15) is 0 Å². The van der Waals surface area contributed by atoms with Crippen molar-refractivity contribution in [1.82, 2.24) is 4.72 Å². The van der Waals surface area contributed by atoms with E-state index in [1.54, 1.807) is 30.3 Å². The predicted octanol–water partition coefficient (Wildman–Crippen LogP) is 0.652. The van der Waals surface area contributed by atoms with Crippen LogP contribution in [-0.2, 0) is 14.9 Å². The van der Waals surface area contributed by atoms with Crippen LogP contribution in [0.3, 0.4) is 0 Å². The summed E-state index contributed by atoms with van der Waals surface area (Å²) >= 11 is 0. The van der Waals surface area contributed by atoms with E-state index in [2.05, 4.69) is 9.56 Å². The van der Waals surface area contributed by atoms with Crippen molar-refractivity contribution in [2.24, 2.45) is 0 Å². The topological polar surface area (TPSA) is 95.9 Å². The van der Waals surface area contributed by atoms with E-state index in [-0.39, 0.29) is 13.1 Å². The Morgan fingerprint density at radius 1 is 1.39 bits per heavy atom. The van der Waals surface area contributed by atoms with Crippen LogP contribution in [0.4, 0.5) is 10.5 Å². The molecule has 18 heavy (non-hydrogen) atoms. The van der Waals surface area contributed by atoms with Gasteiger partial charge in [-0.25, -0.2) is 23.0 Å². The third kappa shape index (κ3) is 5.51. The minimum atomic E-state index is -3.31. The summed E-state index contributed by atoms with van der Waals surface area (Å²) in [6.45, 7) is 0.115. The van der Waals surface area contributed by atoms with Gasteiger partial charge in [0, 0.05) is 6.54 Å². The second-order valence-corrected chi connectivity index (χ2v) is 5.29. The molecule has 0 bridgehead atoms. The Labute approximate surface area is 105 Å². The summed E-state index contributed by atoms with van der Waals surface area (Å²) in [5.74, 6) is 0. The van der Waals surface area contributed by atoms with Gasteiger partial charge in [-0.3, -0.25) is 0 Å². The number of hydroxylamine groups is 1. The fourth-order valence-corrected chi connectivity index (χ4v) is 1.71. The van der Waals surface area contributed by atoms with Crippen molar-refractivity contribution in [3.8, 4) is 0 Å². The van der Waals surface area contributed by atoms with Gasteiger partial charge in [0.2, 0.25) is 10.0 Å². The van der Waals surface area contributed by atoms with Crippen LogP contribution in [0.15, 0.2) is 30.3 Å². The summed E-state index contributed by atoms with van der Waals surface area (Å²) in [6, 6.07) is 8.53. The Kier molecular flexibility index (Phi) is 4.93. The quantitative estimate of drug-likeness (QED) is 0.739. The van der Waals surface area contributed by atoms with E-state index in [4.69, 9.17) is 5.11 Å². The molecule has 0 heterocycles. The number of sulfonamides is 1. The van der Waals surface area contributed by atoms with Crippen molar-refractivity contribution in [2.45, 2.75) is 0 Å². The molecule has 0 aliphatic heterocycles. The van der Waals surface area contributed by atoms with E-state index >= 15 is 0 Å². The second kappa shape index (κ2) is 6.22. The Morgan fingerprint density at radius 3 is 2.50 bits per heavy atom. The minimum absolute atomic E-state index is 0.0427. The lowest BCUT2D eigenvalue weighted by Crippen LogP contribution is -2.35. The average Bonchev–Trinajstić information content (AvgIpc) is 2.27. The monoisotopic (exact) mass is 274 g/mol. The van der Waals surface area contributed by atoms with Crippen LogP contribution in [0, 0.1) is 0 Å². The van der Waals surface area contributed by atoms with Gasteiger partial charge in [-0.05, 0) is 12.1 Å². The molecular weight excluding hydrogens is 260 g/mol. The molecule has 0 aliphatic carbocycles. The highest BCUT2D eigenvalue weighted by atomic mass is 32.2. The number of hydrogen-bond acceptors (Lipinski definition) is 5. The minimum Gasteiger partial charge on any atom is -0.448 e. The number of rotatable bonds is 6. The summed E-state index contributed by atoms with van der Waals surface area (Å²) in [6.07, 6.45) is -0.434. The molecule has 0 saturated heterocycles. The normalized spacial score (nSPS) is 10.9. The van der Waals surface area contributed by atoms with Crippen LogP contribution in [-0.4, -0.2) is 39.0 Å². The summed E-state index contributed by atoms with van der Waals surface area (Å²) in [7, 11) is -3.31. The van der Waals surface area contributed by atoms with E-state index in [1.807, 2.05) is 0 Å². The van der Waals surface area contributed by atoms with Crippen molar-refractivity contribution in [2.75, 3.05) is 24.4 Å². The molecule has 0 aliphatic rings. The number of nitrogens with one attached hydrogen (secondary N) is 1. The lowest BCUT2D eigenvalue weighted by molar-refractivity contribution is 0.0807. The Hall–Kier alpha value is -1.80. The molecule has 0 aromatic heterocycles. The van der Waals surface area contributed by atoms with Crippen LogP contribution in [0.2, 0.25) is 0 Å². The zero-order valence-corrected chi connectivity index (χ0v) is 10.6. The molecule has 0 fully saturated rings. The molecule has 0 amide bonds. The maximum Gasteiger partial charge on any atom is 0.530 e. The smallest absolute Gasteiger partial charge is 0.448 e. The third-order valence-electron chi connectivity index (χ3n) is 1.91. The SMILES string of the molecule is CS(=O)(=O)NCCN(OC(=O)O)c1ccccc1. The van der Waals surface area contributed by atoms with Gasteiger partial charge in [-0.1, -0.05) is 18.2 Å². The second-order valence-electron chi connectivity index (χ2n) is 3.46. The summed E-state index contributed by atoms with van der Waals surface area (Å²) in [5, 5.41) is 9.70. The third-order valence-corrected chi connectivity index (χ3v) is 2.64. The number of para-hydroxylation sites is 1. The standard InChI is InChI=1S/C10H14N2O5S/c1-18(15,16)11-7-8-12(17-10(13)14)9-5-3-2-4-6-9/h2-6,11H,7-8H2,1H3,(H,13,14). The Morgan fingerprint density at radius 2 is 2.00 bits per heavy atom. The van der Waals surface area contributed by atoms with Gasteiger partial charge in [-0.2, -0.15) is 0 Å². The van der Waals surface area contributed by atoms with Crippen LogP contribution in [0.25, 0.3) is 0 Å². The maximum atomic E-state index is 10.9. The number of hydrogen-bond donors (Lipinski definition) is 2. The highest BCUT2D eigenvalue weighted by Gasteiger charge is 2.12. The lowest BCUT2D eigenvalue weighted by Gasteiger charge is -2.21. The highest BCUT2D eigenvalue weighted by molar-refractivity contribution is 7.88. The van der Waals surface area contributed by atoms with Gasteiger partial charge in [0.05, 0.1) is 18.5 Å². The summed E-state index contributed by atoms with van der Waals surface area (Å²) in [4.78, 5) is 15.1.